The summed E-state index contributed by atoms with van der Waals surface area (Å²) in [4.78, 5) is 12.9. The Kier molecular flexibility index (Phi) is 7.10. The van der Waals surface area contributed by atoms with E-state index >= 15 is 0 Å². The lowest BCUT2D eigenvalue weighted by Gasteiger charge is -2.37. The minimum atomic E-state index is -0.458. The highest BCUT2D eigenvalue weighted by Gasteiger charge is 2.43. The van der Waals surface area contributed by atoms with Gasteiger partial charge in [-0.1, -0.05) is 63.4 Å². The van der Waals surface area contributed by atoms with Gasteiger partial charge in [0.1, 0.15) is 0 Å². The van der Waals surface area contributed by atoms with Crippen LogP contribution in [0.15, 0.2) is 30.3 Å². The van der Waals surface area contributed by atoms with Gasteiger partial charge in [-0.05, 0) is 31.2 Å². The van der Waals surface area contributed by atoms with E-state index in [1.807, 2.05) is 32.0 Å². The summed E-state index contributed by atoms with van der Waals surface area (Å²) < 4.78 is 11.3. The van der Waals surface area contributed by atoms with E-state index in [4.69, 9.17) is 9.47 Å². The average Bonchev–Trinajstić information content (AvgIpc) is 2.65. The van der Waals surface area contributed by atoms with E-state index in [1.165, 1.54) is 6.42 Å². The normalized spacial score (nSPS) is 23.3. The van der Waals surface area contributed by atoms with Crippen molar-refractivity contribution in [2.45, 2.75) is 76.9 Å². The van der Waals surface area contributed by atoms with Crippen molar-refractivity contribution in [1.29, 1.82) is 0 Å². The molecule has 1 aliphatic heterocycles. The molecule has 2 aliphatic rings. The lowest BCUT2D eigenvalue weighted by atomic mass is 9.69. The zero-order valence-corrected chi connectivity index (χ0v) is 14.6. The SMILES string of the molecule is CC.O=C(OC1CCCCO1)C1(c2ccccc2)CCCCC1. The van der Waals surface area contributed by atoms with E-state index in [-0.39, 0.29) is 12.3 Å². The van der Waals surface area contributed by atoms with Gasteiger partial charge in [-0.15, -0.1) is 0 Å². The summed E-state index contributed by atoms with van der Waals surface area (Å²) in [5.74, 6) is -0.0831. The van der Waals surface area contributed by atoms with Crippen molar-refractivity contribution in [3.8, 4) is 0 Å². The van der Waals surface area contributed by atoms with Crippen LogP contribution >= 0.6 is 0 Å². The highest BCUT2D eigenvalue weighted by Crippen LogP contribution is 2.41. The fourth-order valence-electron chi connectivity index (χ4n) is 3.56. The van der Waals surface area contributed by atoms with Gasteiger partial charge in [-0.2, -0.15) is 0 Å². The van der Waals surface area contributed by atoms with Crippen LogP contribution in [0.3, 0.4) is 0 Å². The van der Waals surface area contributed by atoms with Crippen LogP contribution in [0.5, 0.6) is 0 Å². The summed E-state index contributed by atoms with van der Waals surface area (Å²) in [6, 6.07) is 10.1. The predicted octanol–water partition coefficient (Wildman–Crippen LogP) is 4.98. The molecule has 1 aliphatic carbocycles. The van der Waals surface area contributed by atoms with Crippen LogP contribution in [0.1, 0.15) is 70.8 Å². The molecule has 3 heteroatoms. The molecular formula is C20H30O3. The lowest BCUT2D eigenvalue weighted by Crippen LogP contribution is -2.42. The largest absolute Gasteiger partial charge is 0.435 e. The third-order valence-electron chi connectivity index (χ3n) is 4.80. The van der Waals surface area contributed by atoms with Crippen molar-refractivity contribution in [3.05, 3.63) is 35.9 Å². The van der Waals surface area contributed by atoms with Crippen LogP contribution in [-0.4, -0.2) is 18.9 Å². The minimum absolute atomic E-state index is 0.0831. The molecule has 1 atom stereocenters. The van der Waals surface area contributed by atoms with E-state index < -0.39 is 5.41 Å². The van der Waals surface area contributed by atoms with E-state index in [2.05, 4.69) is 12.1 Å². The predicted molar refractivity (Wildman–Crippen MR) is 92.2 cm³/mol. The van der Waals surface area contributed by atoms with Crippen LogP contribution in [-0.2, 0) is 19.7 Å². The van der Waals surface area contributed by atoms with Gasteiger partial charge in [0.2, 0.25) is 6.29 Å². The Balaban J connectivity index is 0.000000924. The number of carbonyl (C=O) groups is 1. The maximum atomic E-state index is 12.9. The van der Waals surface area contributed by atoms with Gasteiger partial charge < -0.3 is 9.47 Å². The first-order valence-electron chi connectivity index (χ1n) is 9.19. The highest BCUT2D eigenvalue weighted by atomic mass is 16.7. The van der Waals surface area contributed by atoms with Crippen LogP contribution in [0.2, 0.25) is 0 Å². The van der Waals surface area contributed by atoms with Gasteiger partial charge in [-0.3, -0.25) is 4.79 Å². The second-order valence-electron chi connectivity index (χ2n) is 6.21. The minimum Gasteiger partial charge on any atom is -0.435 e. The monoisotopic (exact) mass is 318 g/mol. The van der Waals surface area contributed by atoms with Crippen LogP contribution in [0.4, 0.5) is 0 Å². The molecule has 0 aromatic heterocycles. The molecule has 0 N–H and O–H groups in total. The number of esters is 1. The summed E-state index contributed by atoms with van der Waals surface area (Å²) in [5, 5.41) is 0. The van der Waals surface area contributed by atoms with Gasteiger partial charge >= 0.3 is 5.97 Å². The quantitative estimate of drug-likeness (QED) is 0.737. The zero-order chi connectivity index (χ0) is 16.5. The molecule has 23 heavy (non-hydrogen) atoms. The zero-order valence-electron chi connectivity index (χ0n) is 14.6. The lowest BCUT2D eigenvalue weighted by molar-refractivity contribution is -0.194. The molecule has 1 aromatic rings. The van der Waals surface area contributed by atoms with Gasteiger partial charge in [0.25, 0.3) is 0 Å². The first kappa shape index (κ1) is 18.0. The van der Waals surface area contributed by atoms with Crippen molar-refractivity contribution in [3.63, 3.8) is 0 Å². The molecule has 1 unspecified atom stereocenters. The van der Waals surface area contributed by atoms with Crippen molar-refractivity contribution < 1.29 is 14.3 Å². The number of carbonyl (C=O) groups excluding carboxylic acids is 1. The molecular weight excluding hydrogens is 288 g/mol. The van der Waals surface area contributed by atoms with E-state index in [0.29, 0.717) is 6.61 Å². The average molecular weight is 318 g/mol. The van der Waals surface area contributed by atoms with Gasteiger partial charge in [0, 0.05) is 6.42 Å². The standard InChI is InChI=1S/C18H24O3.C2H6/c19-17(21-16-11-5-8-14-20-16)18(12-6-2-7-13-18)15-9-3-1-4-10-15;1-2/h1,3-4,9-10,16H,2,5-8,11-14H2;1-2H3. The van der Waals surface area contributed by atoms with Crippen molar-refractivity contribution in [1.82, 2.24) is 0 Å². The summed E-state index contributed by atoms with van der Waals surface area (Å²) in [6.45, 7) is 4.70. The summed E-state index contributed by atoms with van der Waals surface area (Å²) >= 11 is 0. The fourth-order valence-corrected chi connectivity index (χ4v) is 3.56. The topological polar surface area (TPSA) is 35.5 Å². The van der Waals surface area contributed by atoms with Gasteiger partial charge in [0.05, 0.1) is 12.0 Å². The van der Waals surface area contributed by atoms with E-state index in [0.717, 1.165) is 50.5 Å². The van der Waals surface area contributed by atoms with Gasteiger partial charge in [0.15, 0.2) is 0 Å². The third kappa shape index (κ3) is 4.35. The molecule has 1 saturated heterocycles. The molecule has 0 spiro atoms. The smallest absolute Gasteiger partial charge is 0.318 e. The molecule has 3 rings (SSSR count). The Morgan fingerprint density at radius 2 is 1.74 bits per heavy atom. The Labute approximate surface area is 140 Å². The van der Waals surface area contributed by atoms with Crippen molar-refractivity contribution in [2.24, 2.45) is 0 Å². The molecule has 128 valence electrons. The Bertz CT molecular complexity index is 457. The maximum Gasteiger partial charge on any atom is 0.318 e. The highest BCUT2D eigenvalue weighted by molar-refractivity contribution is 5.83. The van der Waals surface area contributed by atoms with Gasteiger partial charge in [-0.25, -0.2) is 0 Å². The maximum absolute atomic E-state index is 12.9. The summed E-state index contributed by atoms with van der Waals surface area (Å²) in [6.07, 6.45) is 7.82. The second kappa shape index (κ2) is 9.07. The first-order valence-corrected chi connectivity index (χ1v) is 9.19. The Morgan fingerprint density at radius 1 is 1.04 bits per heavy atom. The third-order valence-corrected chi connectivity index (χ3v) is 4.80. The molecule has 0 bridgehead atoms. The van der Waals surface area contributed by atoms with Crippen LogP contribution < -0.4 is 0 Å². The van der Waals surface area contributed by atoms with Crippen LogP contribution in [0, 0.1) is 0 Å². The number of benzene rings is 1. The summed E-state index contributed by atoms with van der Waals surface area (Å²) in [5.41, 5.74) is 0.644. The van der Waals surface area contributed by atoms with Crippen molar-refractivity contribution in [2.75, 3.05) is 6.61 Å². The molecule has 2 fully saturated rings. The Morgan fingerprint density at radius 3 is 2.35 bits per heavy atom. The molecule has 0 radical (unpaired) electrons. The number of rotatable bonds is 3. The number of ether oxygens (including phenoxy) is 2. The molecule has 1 aromatic carbocycles. The van der Waals surface area contributed by atoms with E-state index in [9.17, 15) is 4.79 Å². The summed E-state index contributed by atoms with van der Waals surface area (Å²) in [7, 11) is 0. The Hall–Kier alpha value is -1.35. The van der Waals surface area contributed by atoms with E-state index in [1.54, 1.807) is 0 Å². The fraction of sp³-hybridized carbons (Fsp3) is 0.650. The first-order chi connectivity index (χ1) is 11.3. The van der Waals surface area contributed by atoms with Crippen molar-refractivity contribution >= 4 is 5.97 Å². The number of hydrogen-bond acceptors (Lipinski definition) is 3. The molecule has 1 saturated carbocycles. The number of hydrogen-bond donors (Lipinski definition) is 0. The molecule has 0 amide bonds. The molecule has 3 nitrogen and oxygen atoms in total. The molecule has 1 heterocycles. The second-order valence-corrected chi connectivity index (χ2v) is 6.21. The van der Waals surface area contributed by atoms with Crippen LogP contribution in [0.25, 0.3) is 0 Å².